The predicted molar refractivity (Wildman–Crippen MR) is 145 cm³/mol. The van der Waals surface area contributed by atoms with Crippen LogP contribution in [-0.2, 0) is 17.6 Å². The highest BCUT2D eigenvalue weighted by Gasteiger charge is 2.38. The summed E-state index contributed by atoms with van der Waals surface area (Å²) in [6.07, 6.45) is 5.08. The number of carbonyl (C=O) groups is 1. The number of anilines is 1. The Morgan fingerprint density at radius 3 is 2.39 bits per heavy atom. The van der Waals surface area contributed by atoms with Gasteiger partial charge in [0, 0.05) is 30.1 Å². The smallest absolute Gasteiger partial charge is 0.230 e. The van der Waals surface area contributed by atoms with Gasteiger partial charge in [-0.25, -0.2) is 4.98 Å². The molecule has 2 unspecified atom stereocenters. The maximum Gasteiger partial charge on any atom is 0.230 e. The first-order valence-electron chi connectivity index (χ1n) is 12.1. The van der Waals surface area contributed by atoms with Crippen LogP contribution in [0, 0.1) is 5.92 Å². The lowest BCUT2D eigenvalue weighted by molar-refractivity contribution is -0.120. The first-order chi connectivity index (χ1) is 17.7. The van der Waals surface area contributed by atoms with Gasteiger partial charge in [0.15, 0.2) is 5.13 Å². The number of benzene rings is 3. The number of fused-ring (bicyclic) bond motifs is 1. The molecule has 0 saturated carbocycles. The van der Waals surface area contributed by atoms with Crippen LogP contribution in [0.3, 0.4) is 0 Å². The lowest BCUT2D eigenvalue weighted by atomic mass is 9.85. The highest BCUT2D eigenvalue weighted by molar-refractivity contribution is 7.13. The van der Waals surface area contributed by atoms with Crippen molar-refractivity contribution in [3.05, 3.63) is 137 Å². The van der Waals surface area contributed by atoms with Crippen molar-refractivity contribution in [1.29, 1.82) is 0 Å². The van der Waals surface area contributed by atoms with Gasteiger partial charge in [0.2, 0.25) is 5.91 Å². The monoisotopic (exact) mass is 487 g/mol. The molecule has 0 saturated heterocycles. The first kappa shape index (κ1) is 22.4. The molecule has 0 aliphatic heterocycles. The summed E-state index contributed by atoms with van der Waals surface area (Å²) in [7, 11) is 0. The first-order valence-corrected chi connectivity index (χ1v) is 13.0. The van der Waals surface area contributed by atoms with Gasteiger partial charge >= 0.3 is 0 Å². The zero-order valence-electron chi connectivity index (χ0n) is 19.7. The molecule has 36 heavy (non-hydrogen) atoms. The Hall–Kier alpha value is -4.09. The van der Waals surface area contributed by atoms with E-state index in [2.05, 4.69) is 71.0 Å². The van der Waals surface area contributed by atoms with Crippen LogP contribution in [0.1, 0.15) is 33.9 Å². The molecule has 2 heterocycles. The highest BCUT2D eigenvalue weighted by atomic mass is 32.1. The minimum absolute atomic E-state index is 0.0302. The average molecular weight is 488 g/mol. The van der Waals surface area contributed by atoms with E-state index in [-0.39, 0.29) is 17.7 Å². The molecule has 1 aliphatic rings. The standard InChI is InChI=1S/C31H25N3OS/c35-30(28-19-25-8-4-5-9-27(25)29(28)24-6-2-1-3-7-24)34-31-33-26(20-36-31)18-21-10-12-22(13-11-21)23-14-16-32-17-15-23/h1-17,20,28-29H,18-19H2,(H,33,34,35). The summed E-state index contributed by atoms with van der Waals surface area (Å²) >= 11 is 1.49. The fourth-order valence-electron chi connectivity index (χ4n) is 5.12. The molecule has 0 spiro atoms. The van der Waals surface area contributed by atoms with Crippen LogP contribution in [0.5, 0.6) is 0 Å². The van der Waals surface area contributed by atoms with Crippen molar-refractivity contribution < 1.29 is 4.79 Å². The molecule has 0 radical (unpaired) electrons. The van der Waals surface area contributed by atoms with Gasteiger partial charge in [0.25, 0.3) is 0 Å². The lowest BCUT2D eigenvalue weighted by Gasteiger charge is -2.20. The molecule has 1 amide bonds. The minimum atomic E-state index is -0.155. The van der Waals surface area contributed by atoms with E-state index in [0.717, 1.165) is 29.7 Å². The lowest BCUT2D eigenvalue weighted by Crippen LogP contribution is -2.26. The van der Waals surface area contributed by atoms with Gasteiger partial charge < -0.3 is 5.32 Å². The number of pyridine rings is 1. The molecule has 4 nitrogen and oxygen atoms in total. The van der Waals surface area contributed by atoms with Crippen molar-refractivity contribution in [3.8, 4) is 11.1 Å². The number of nitrogens with one attached hydrogen (secondary N) is 1. The highest BCUT2D eigenvalue weighted by Crippen LogP contribution is 2.43. The third kappa shape index (κ3) is 4.58. The maximum absolute atomic E-state index is 13.5. The van der Waals surface area contributed by atoms with E-state index in [1.165, 1.54) is 33.6 Å². The Bertz CT molecular complexity index is 1480. The summed E-state index contributed by atoms with van der Waals surface area (Å²) in [5.41, 5.74) is 8.14. The van der Waals surface area contributed by atoms with Crippen LogP contribution < -0.4 is 5.32 Å². The van der Waals surface area contributed by atoms with E-state index in [1.807, 2.05) is 35.7 Å². The normalized spacial score (nSPS) is 16.4. The van der Waals surface area contributed by atoms with E-state index < -0.39 is 0 Å². The molecule has 1 aliphatic carbocycles. The Kier molecular flexibility index (Phi) is 6.14. The number of nitrogens with zero attached hydrogens (tertiary/aromatic N) is 2. The van der Waals surface area contributed by atoms with E-state index in [1.54, 1.807) is 12.4 Å². The summed E-state index contributed by atoms with van der Waals surface area (Å²) in [5, 5.41) is 5.81. The minimum Gasteiger partial charge on any atom is -0.302 e. The molecule has 1 N–H and O–H groups in total. The summed E-state index contributed by atoms with van der Waals surface area (Å²) in [6.45, 7) is 0. The Labute approximate surface area is 214 Å². The van der Waals surface area contributed by atoms with Crippen LogP contribution in [0.15, 0.2) is 109 Å². The molecule has 3 aromatic carbocycles. The van der Waals surface area contributed by atoms with Gasteiger partial charge in [-0.2, -0.15) is 0 Å². The van der Waals surface area contributed by atoms with Gasteiger partial charge in [-0.15, -0.1) is 11.3 Å². The van der Waals surface area contributed by atoms with Crippen LogP contribution in [0.2, 0.25) is 0 Å². The molecule has 0 fully saturated rings. The maximum atomic E-state index is 13.5. The van der Waals surface area contributed by atoms with E-state index in [4.69, 9.17) is 4.98 Å². The summed E-state index contributed by atoms with van der Waals surface area (Å²) in [4.78, 5) is 22.3. The van der Waals surface area contributed by atoms with Crippen molar-refractivity contribution in [2.45, 2.75) is 18.8 Å². The molecule has 2 aromatic heterocycles. The molecule has 2 atom stereocenters. The van der Waals surface area contributed by atoms with Gasteiger partial charge in [-0.05, 0) is 51.9 Å². The van der Waals surface area contributed by atoms with E-state index in [0.29, 0.717) is 5.13 Å². The fraction of sp³-hybridized carbons (Fsp3) is 0.129. The number of aromatic nitrogens is 2. The number of carbonyl (C=O) groups excluding carboxylic acids is 1. The van der Waals surface area contributed by atoms with Crippen LogP contribution in [0.25, 0.3) is 11.1 Å². The van der Waals surface area contributed by atoms with Crippen LogP contribution >= 0.6 is 11.3 Å². The summed E-state index contributed by atoms with van der Waals surface area (Å²) in [5.74, 6) is -0.0683. The predicted octanol–water partition coefficient (Wildman–Crippen LogP) is 6.74. The zero-order valence-corrected chi connectivity index (χ0v) is 20.5. The summed E-state index contributed by atoms with van der Waals surface area (Å²) < 4.78 is 0. The van der Waals surface area contributed by atoms with Crippen molar-refractivity contribution >= 4 is 22.4 Å². The van der Waals surface area contributed by atoms with Crippen LogP contribution in [-0.4, -0.2) is 15.9 Å². The quantitative estimate of drug-likeness (QED) is 0.289. The molecular weight excluding hydrogens is 462 g/mol. The van der Waals surface area contributed by atoms with Gasteiger partial charge in [-0.1, -0.05) is 78.9 Å². The molecule has 5 aromatic rings. The van der Waals surface area contributed by atoms with Crippen molar-refractivity contribution in [3.63, 3.8) is 0 Å². The third-order valence-electron chi connectivity index (χ3n) is 6.86. The van der Waals surface area contributed by atoms with Crippen molar-refractivity contribution in [2.24, 2.45) is 5.92 Å². The number of amides is 1. The molecule has 5 heteroatoms. The Morgan fingerprint density at radius 2 is 1.58 bits per heavy atom. The third-order valence-corrected chi connectivity index (χ3v) is 7.67. The number of rotatable bonds is 6. The molecular formula is C31H25N3OS. The second-order valence-electron chi connectivity index (χ2n) is 9.14. The van der Waals surface area contributed by atoms with E-state index in [9.17, 15) is 4.79 Å². The van der Waals surface area contributed by atoms with Gasteiger partial charge in [0.05, 0.1) is 11.6 Å². The number of thiazole rings is 1. The second kappa shape index (κ2) is 9.88. The topological polar surface area (TPSA) is 54.9 Å². The van der Waals surface area contributed by atoms with Crippen LogP contribution in [0.4, 0.5) is 5.13 Å². The Balaban J connectivity index is 1.15. The average Bonchev–Trinajstić information content (AvgIpc) is 3.54. The van der Waals surface area contributed by atoms with Gasteiger partial charge in [0.1, 0.15) is 0 Å². The number of hydrogen-bond acceptors (Lipinski definition) is 4. The largest absolute Gasteiger partial charge is 0.302 e. The van der Waals surface area contributed by atoms with Gasteiger partial charge in [-0.3, -0.25) is 9.78 Å². The van der Waals surface area contributed by atoms with Crippen molar-refractivity contribution in [2.75, 3.05) is 5.32 Å². The second-order valence-corrected chi connectivity index (χ2v) is 10.00. The van der Waals surface area contributed by atoms with Crippen molar-refractivity contribution in [1.82, 2.24) is 9.97 Å². The fourth-order valence-corrected chi connectivity index (χ4v) is 5.84. The van der Waals surface area contributed by atoms with E-state index >= 15 is 0 Å². The molecule has 176 valence electrons. The molecule has 0 bridgehead atoms. The zero-order chi connectivity index (χ0) is 24.3. The SMILES string of the molecule is O=C(Nc1nc(Cc2ccc(-c3ccncc3)cc2)cs1)C1Cc2ccccc2C1c1ccccc1. The summed E-state index contributed by atoms with van der Waals surface area (Å²) in [6, 6.07) is 31.3. The Morgan fingerprint density at radius 1 is 0.861 bits per heavy atom. The molecule has 6 rings (SSSR count). The number of hydrogen-bond donors (Lipinski definition) is 1.